The number of hydrogen-bond donors (Lipinski definition) is 0. The van der Waals surface area contributed by atoms with Crippen molar-refractivity contribution in [3.05, 3.63) is 17.7 Å². The van der Waals surface area contributed by atoms with Crippen molar-refractivity contribution in [3.8, 4) is 17.2 Å². The summed E-state index contributed by atoms with van der Waals surface area (Å²) in [5, 5.41) is 0. The molecule has 2 heterocycles. The van der Waals surface area contributed by atoms with Crippen LogP contribution in [0.25, 0.3) is 0 Å². The van der Waals surface area contributed by atoms with E-state index in [0.717, 1.165) is 37.6 Å². The number of ether oxygens (including phenoxy) is 4. The second-order valence-corrected chi connectivity index (χ2v) is 6.71. The molecule has 0 bridgehead atoms. The van der Waals surface area contributed by atoms with Crippen LogP contribution >= 0.6 is 0 Å². The van der Waals surface area contributed by atoms with Gasteiger partial charge in [-0.1, -0.05) is 0 Å². The Hall–Kier alpha value is -1.50. The fourth-order valence-electron chi connectivity index (χ4n) is 3.57. The number of fused-ring (bicyclic) bond motifs is 1. The third-order valence-electron chi connectivity index (χ3n) is 4.85. The number of likely N-dealkylation sites (N-methyl/N-ethyl adjacent to an activating group) is 2. The van der Waals surface area contributed by atoms with Crippen molar-refractivity contribution in [1.82, 2.24) is 9.80 Å². The molecule has 1 aromatic carbocycles. The first kappa shape index (κ1) is 17.3. The Morgan fingerprint density at radius 2 is 2.04 bits per heavy atom. The molecule has 24 heavy (non-hydrogen) atoms. The maximum absolute atomic E-state index is 5.72. The lowest BCUT2D eigenvalue weighted by molar-refractivity contribution is 0.111. The van der Waals surface area contributed by atoms with Crippen LogP contribution < -0.4 is 14.2 Å². The fourth-order valence-corrected chi connectivity index (χ4v) is 3.57. The summed E-state index contributed by atoms with van der Waals surface area (Å²) < 4.78 is 22.3. The van der Waals surface area contributed by atoms with Crippen LogP contribution in [-0.4, -0.2) is 76.6 Å². The average molecular weight is 336 g/mol. The SMILES string of the molecule is COc1cc(CN(C)C[C@@H]2C[C@H](OC)CN2C)cc2c1OCCO2. The van der Waals surface area contributed by atoms with Gasteiger partial charge in [-0.15, -0.1) is 0 Å². The third-order valence-corrected chi connectivity index (χ3v) is 4.85. The van der Waals surface area contributed by atoms with Crippen molar-refractivity contribution < 1.29 is 18.9 Å². The van der Waals surface area contributed by atoms with Crippen LogP contribution in [0.5, 0.6) is 17.2 Å². The lowest BCUT2D eigenvalue weighted by Crippen LogP contribution is -2.36. The molecule has 2 aliphatic rings. The number of nitrogens with zero attached hydrogens (tertiary/aromatic N) is 2. The van der Waals surface area contributed by atoms with E-state index in [1.807, 2.05) is 6.07 Å². The van der Waals surface area contributed by atoms with Crippen LogP contribution in [0.2, 0.25) is 0 Å². The number of likely N-dealkylation sites (tertiary alicyclic amines) is 1. The Bertz CT molecular complexity index is 549. The van der Waals surface area contributed by atoms with Crippen LogP contribution in [0.1, 0.15) is 12.0 Å². The molecule has 0 unspecified atom stereocenters. The van der Waals surface area contributed by atoms with Gasteiger partial charge in [-0.2, -0.15) is 0 Å². The van der Waals surface area contributed by atoms with E-state index >= 15 is 0 Å². The number of rotatable bonds is 6. The van der Waals surface area contributed by atoms with E-state index < -0.39 is 0 Å². The van der Waals surface area contributed by atoms with Gasteiger partial charge in [0, 0.05) is 32.8 Å². The van der Waals surface area contributed by atoms with Gasteiger partial charge >= 0.3 is 0 Å². The molecule has 2 atom stereocenters. The third kappa shape index (κ3) is 3.77. The topological polar surface area (TPSA) is 43.4 Å². The van der Waals surface area contributed by atoms with Crippen LogP contribution in [0.3, 0.4) is 0 Å². The number of hydrogen-bond acceptors (Lipinski definition) is 6. The highest BCUT2D eigenvalue weighted by atomic mass is 16.6. The van der Waals surface area contributed by atoms with E-state index in [-0.39, 0.29) is 0 Å². The van der Waals surface area contributed by atoms with Crippen molar-refractivity contribution in [2.24, 2.45) is 0 Å². The minimum Gasteiger partial charge on any atom is -0.493 e. The van der Waals surface area contributed by atoms with Gasteiger partial charge in [-0.05, 0) is 38.2 Å². The van der Waals surface area contributed by atoms with Crippen molar-refractivity contribution in [1.29, 1.82) is 0 Å². The Kier molecular flexibility index (Phi) is 5.48. The molecule has 0 spiro atoms. The molecule has 6 heteroatoms. The zero-order valence-electron chi connectivity index (χ0n) is 15.1. The number of methoxy groups -OCH3 is 2. The predicted octanol–water partition coefficient (Wildman–Crippen LogP) is 1.62. The summed E-state index contributed by atoms with van der Waals surface area (Å²) in [6.45, 7) is 4.01. The van der Waals surface area contributed by atoms with Gasteiger partial charge in [-0.3, -0.25) is 4.90 Å². The molecule has 0 radical (unpaired) electrons. The Labute approximate surface area is 144 Å². The van der Waals surface area contributed by atoms with Crippen molar-refractivity contribution in [3.63, 3.8) is 0 Å². The molecule has 3 rings (SSSR count). The van der Waals surface area contributed by atoms with Gasteiger partial charge in [0.25, 0.3) is 0 Å². The van der Waals surface area contributed by atoms with Gasteiger partial charge in [0.05, 0.1) is 13.2 Å². The molecule has 1 saturated heterocycles. The zero-order chi connectivity index (χ0) is 17.1. The van der Waals surface area contributed by atoms with Gasteiger partial charge in [-0.25, -0.2) is 0 Å². The van der Waals surface area contributed by atoms with E-state index in [4.69, 9.17) is 18.9 Å². The molecule has 0 aromatic heterocycles. The van der Waals surface area contributed by atoms with E-state index in [0.29, 0.717) is 31.1 Å². The maximum atomic E-state index is 5.72. The minimum absolute atomic E-state index is 0.350. The molecule has 6 nitrogen and oxygen atoms in total. The summed E-state index contributed by atoms with van der Waals surface area (Å²) in [6, 6.07) is 4.63. The summed E-state index contributed by atoms with van der Waals surface area (Å²) in [7, 11) is 7.79. The molecule has 0 saturated carbocycles. The van der Waals surface area contributed by atoms with Crippen LogP contribution in [0.15, 0.2) is 12.1 Å². The highest BCUT2D eigenvalue weighted by molar-refractivity contribution is 5.54. The lowest BCUT2D eigenvalue weighted by atomic mass is 10.1. The summed E-state index contributed by atoms with van der Waals surface area (Å²) in [6.07, 6.45) is 1.43. The Morgan fingerprint density at radius 3 is 2.75 bits per heavy atom. The first-order valence-electron chi connectivity index (χ1n) is 8.48. The van der Waals surface area contributed by atoms with Crippen molar-refractivity contribution >= 4 is 0 Å². The van der Waals surface area contributed by atoms with Crippen molar-refractivity contribution in [2.75, 3.05) is 54.6 Å². The summed E-state index contributed by atoms with van der Waals surface area (Å²) >= 11 is 0. The molecule has 1 aromatic rings. The highest BCUT2D eigenvalue weighted by Crippen LogP contribution is 2.40. The van der Waals surface area contributed by atoms with Gasteiger partial charge < -0.3 is 23.8 Å². The summed E-state index contributed by atoms with van der Waals surface area (Å²) in [4.78, 5) is 4.72. The van der Waals surface area contributed by atoms with Gasteiger partial charge in [0.1, 0.15) is 13.2 Å². The van der Waals surface area contributed by atoms with Crippen LogP contribution in [0, 0.1) is 0 Å². The molecule has 2 aliphatic heterocycles. The van der Waals surface area contributed by atoms with Gasteiger partial charge in [0.15, 0.2) is 11.5 Å². The second-order valence-electron chi connectivity index (χ2n) is 6.71. The molecule has 0 N–H and O–H groups in total. The van der Waals surface area contributed by atoms with E-state index in [1.54, 1.807) is 14.2 Å². The zero-order valence-corrected chi connectivity index (χ0v) is 15.1. The quantitative estimate of drug-likeness (QED) is 0.786. The van der Waals surface area contributed by atoms with Crippen LogP contribution in [0.4, 0.5) is 0 Å². The monoisotopic (exact) mass is 336 g/mol. The predicted molar refractivity (Wildman–Crippen MR) is 92.2 cm³/mol. The smallest absolute Gasteiger partial charge is 0.203 e. The maximum Gasteiger partial charge on any atom is 0.203 e. The van der Waals surface area contributed by atoms with E-state index in [2.05, 4.69) is 30.0 Å². The highest BCUT2D eigenvalue weighted by Gasteiger charge is 2.30. The standard InChI is InChI=1S/C18H28N2O4/c1-19(11-14-9-15(21-3)12-20(14)2)10-13-7-16(22-4)18-17(8-13)23-5-6-24-18/h7-8,14-15H,5-6,9-12H2,1-4H3/t14-,15-/m0/s1. The van der Waals surface area contributed by atoms with E-state index in [9.17, 15) is 0 Å². The first-order valence-corrected chi connectivity index (χ1v) is 8.48. The van der Waals surface area contributed by atoms with Gasteiger partial charge in [0.2, 0.25) is 5.75 Å². The fraction of sp³-hybridized carbons (Fsp3) is 0.667. The average Bonchev–Trinajstić information content (AvgIpc) is 2.93. The normalized spacial score (nSPS) is 23.7. The molecule has 1 fully saturated rings. The molecule has 0 amide bonds. The number of benzene rings is 1. The summed E-state index contributed by atoms with van der Waals surface area (Å²) in [5.74, 6) is 2.24. The van der Waals surface area contributed by atoms with Crippen LogP contribution in [-0.2, 0) is 11.3 Å². The van der Waals surface area contributed by atoms with Crippen molar-refractivity contribution in [2.45, 2.75) is 25.1 Å². The minimum atomic E-state index is 0.350. The Balaban J connectivity index is 1.65. The largest absolute Gasteiger partial charge is 0.493 e. The molecule has 134 valence electrons. The lowest BCUT2D eigenvalue weighted by Gasteiger charge is -2.26. The molecule has 0 aliphatic carbocycles. The molecular weight excluding hydrogens is 308 g/mol. The van der Waals surface area contributed by atoms with E-state index in [1.165, 1.54) is 5.56 Å². The molecular formula is C18H28N2O4. The second kappa shape index (κ2) is 7.59. The Morgan fingerprint density at radius 1 is 1.25 bits per heavy atom. The summed E-state index contributed by atoms with van der Waals surface area (Å²) in [5.41, 5.74) is 1.17. The first-order chi connectivity index (χ1) is 11.6.